The highest BCUT2D eigenvalue weighted by atomic mass is 16.5. The minimum absolute atomic E-state index is 0.108. The predicted octanol–water partition coefficient (Wildman–Crippen LogP) is 1.25. The molecule has 0 spiro atoms. The largest absolute Gasteiger partial charge is 0.482 e. The van der Waals surface area contributed by atoms with Gasteiger partial charge >= 0.3 is 5.97 Å². The Bertz CT molecular complexity index is 614. The normalized spacial score (nSPS) is 15.8. The minimum Gasteiger partial charge on any atom is -0.482 e. The van der Waals surface area contributed by atoms with Gasteiger partial charge in [-0.05, 0) is 24.1 Å². The van der Waals surface area contributed by atoms with Gasteiger partial charge in [-0.25, -0.2) is 4.79 Å². The number of fused-ring (bicyclic) bond motifs is 1. The molecule has 118 valence electrons. The molecule has 0 aliphatic carbocycles. The maximum atomic E-state index is 12.2. The van der Waals surface area contributed by atoms with Crippen LogP contribution < -0.4 is 15.4 Å². The molecule has 1 aliphatic rings. The first-order valence-corrected chi connectivity index (χ1v) is 7.02. The van der Waals surface area contributed by atoms with E-state index in [1.165, 1.54) is 12.1 Å². The summed E-state index contributed by atoms with van der Waals surface area (Å²) in [5, 5.41) is 14.3. The summed E-state index contributed by atoms with van der Waals surface area (Å²) in [7, 11) is 0. The van der Waals surface area contributed by atoms with Gasteiger partial charge in [-0.15, -0.1) is 0 Å². The standard InChI is InChI=1S/C15H18N2O5/c1-3-8(2)13(15(20)21)17-14(19)9-4-5-10-11(6-9)22-7-12(18)16-10/h4-6,8,13H,3,7H2,1-2H3,(H,16,18)(H,17,19)(H,20,21)/t8-,13-/m0/s1. The molecule has 7 heteroatoms. The van der Waals surface area contributed by atoms with Gasteiger partial charge in [0.1, 0.15) is 11.8 Å². The van der Waals surface area contributed by atoms with Crippen molar-refractivity contribution >= 4 is 23.5 Å². The van der Waals surface area contributed by atoms with Crippen molar-refractivity contribution in [3.8, 4) is 5.75 Å². The van der Waals surface area contributed by atoms with E-state index in [4.69, 9.17) is 4.74 Å². The Hall–Kier alpha value is -2.57. The van der Waals surface area contributed by atoms with Gasteiger partial charge in [-0.1, -0.05) is 20.3 Å². The van der Waals surface area contributed by atoms with Crippen molar-refractivity contribution < 1.29 is 24.2 Å². The molecule has 0 fully saturated rings. The van der Waals surface area contributed by atoms with Gasteiger partial charge < -0.3 is 20.5 Å². The first-order chi connectivity index (χ1) is 10.4. The molecule has 1 aromatic rings. The summed E-state index contributed by atoms with van der Waals surface area (Å²) in [5.41, 5.74) is 0.772. The van der Waals surface area contributed by atoms with Gasteiger partial charge in [0.15, 0.2) is 6.61 Å². The molecule has 3 N–H and O–H groups in total. The number of rotatable bonds is 5. The lowest BCUT2D eigenvalue weighted by molar-refractivity contribution is -0.140. The summed E-state index contributed by atoms with van der Waals surface area (Å²) in [5.74, 6) is -1.61. The molecule has 1 aromatic carbocycles. The third-order valence-corrected chi connectivity index (χ3v) is 3.64. The molecular formula is C15H18N2O5. The zero-order chi connectivity index (χ0) is 16.3. The van der Waals surface area contributed by atoms with Crippen molar-refractivity contribution in [1.29, 1.82) is 0 Å². The molecule has 7 nitrogen and oxygen atoms in total. The molecule has 0 radical (unpaired) electrons. The van der Waals surface area contributed by atoms with Crippen LogP contribution in [0.5, 0.6) is 5.75 Å². The number of amides is 2. The van der Waals surface area contributed by atoms with Crippen LogP contribution in [0.2, 0.25) is 0 Å². The fraction of sp³-hybridized carbons (Fsp3) is 0.400. The van der Waals surface area contributed by atoms with Crippen LogP contribution in [0.1, 0.15) is 30.6 Å². The van der Waals surface area contributed by atoms with E-state index in [9.17, 15) is 19.5 Å². The number of carboxylic acids is 1. The van der Waals surface area contributed by atoms with Gasteiger partial charge in [-0.3, -0.25) is 9.59 Å². The third-order valence-electron chi connectivity index (χ3n) is 3.64. The number of ether oxygens (including phenoxy) is 1. The maximum absolute atomic E-state index is 12.2. The first-order valence-electron chi connectivity index (χ1n) is 7.02. The maximum Gasteiger partial charge on any atom is 0.326 e. The molecule has 2 atom stereocenters. The van der Waals surface area contributed by atoms with Gasteiger partial charge in [-0.2, -0.15) is 0 Å². The number of carbonyl (C=O) groups excluding carboxylic acids is 2. The quantitative estimate of drug-likeness (QED) is 0.759. The number of hydrogen-bond acceptors (Lipinski definition) is 4. The zero-order valence-electron chi connectivity index (χ0n) is 12.4. The molecule has 0 saturated carbocycles. The number of carboxylic acid groups (broad SMARTS) is 1. The van der Waals surface area contributed by atoms with E-state index >= 15 is 0 Å². The Morgan fingerprint density at radius 3 is 2.82 bits per heavy atom. The SMILES string of the molecule is CC[C@H](C)[C@H](NC(=O)c1ccc2c(c1)OCC(=O)N2)C(=O)O. The molecule has 0 unspecified atom stereocenters. The van der Waals surface area contributed by atoms with E-state index in [0.717, 1.165) is 0 Å². The fourth-order valence-corrected chi connectivity index (χ4v) is 2.12. The number of carbonyl (C=O) groups is 3. The van der Waals surface area contributed by atoms with E-state index in [0.29, 0.717) is 17.9 Å². The Labute approximate surface area is 127 Å². The van der Waals surface area contributed by atoms with Gasteiger partial charge in [0.25, 0.3) is 11.8 Å². The minimum atomic E-state index is -1.07. The lowest BCUT2D eigenvalue weighted by Gasteiger charge is -2.21. The van der Waals surface area contributed by atoms with E-state index in [1.807, 2.05) is 6.92 Å². The monoisotopic (exact) mass is 306 g/mol. The number of hydrogen-bond donors (Lipinski definition) is 3. The summed E-state index contributed by atoms with van der Waals surface area (Å²) in [6, 6.07) is 3.60. The Morgan fingerprint density at radius 1 is 1.45 bits per heavy atom. The average molecular weight is 306 g/mol. The smallest absolute Gasteiger partial charge is 0.326 e. The highest BCUT2D eigenvalue weighted by molar-refractivity contribution is 6.00. The van der Waals surface area contributed by atoms with Crippen LogP contribution in [-0.2, 0) is 9.59 Å². The third kappa shape index (κ3) is 3.36. The first kappa shape index (κ1) is 15.8. The summed E-state index contributed by atoms with van der Waals surface area (Å²) in [6.45, 7) is 3.52. The summed E-state index contributed by atoms with van der Waals surface area (Å²) in [4.78, 5) is 34.7. The molecule has 22 heavy (non-hydrogen) atoms. The van der Waals surface area contributed by atoms with Crippen LogP contribution in [0.4, 0.5) is 5.69 Å². The lowest BCUT2D eigenvalue weighted by atomic mass is 9.99. The van der Waals surface area contributed by atoms with Gasteiger partial charge in [0, 0.05) is 5.56 Å². The molecule has 1 heterocycles. The van der Waals surface area contributed by atoms with E-state index < -0.39 is 17.9 Å². The Morgan fingerprint density at radius 2 is 2.18 bits per heavy atom. The fourth-order valence-electron chi connectivity index (χ4n) is 2.12. The highest BCUT2D eigenvalue weighted by Gasteiger charge is 2.26. The van der Waals surface area contributed by atoms with Crippen LogP contribution in [-0.4, -0.2) is 35.5 Å². The number of aliphatic carboxylic acids is 1. The molecule has 1 aliphatic heterocycles. The van der Waals surface area contributed by atoms with Crippen molar-refractivity contribution in [1.82, 2.24) is 5.32 Å². The van der Waals surface area contributed by atoms with Crippen molar-refractivity contribution in [2.45, 2.75) is 26.3 Å². The molecular weight excluding hydrogens is 288 g/mol. The molecule has 2 amide bonds. The summed E-state index contributed by atoms with van der Waals surface area (Å²) < 4.78 is 5.24. The summed E-state index contributed by atoms with van der Waals surface area (Å²) >= 11 is 0. The van der Waals surface area contributed by atoms with Gasteiger partial charge in [0.2, 0.25) is 0 Å². The van der Waals surface area contributed by atoms with E-state index in [2.05, 4.69) is 10.6 Å². The van der Waals surface area contributed by atoms with Crippen LogP contribution in [0.25, 0.3) is 0 Å². The topological polar surface area (TPSA) is 105 Å². The van der Waals surface area contributed by atoms with E-state index in [-0.39, 0.29) is 24.0 Å². The molecule has 2 rings (SSSR count). The van der Waals surface area contributed by atoms with Crippen molar-refractivity contribution in [2.75, 3.05) is 11.9 Å². The van der Waals surface area contributed by atoms with Crippen molar-refractivity contribution in [3.63, 3.8) is 0 Å². The lowest BCUT2D eigenvalue weighted by Crippen LogP contribution is -2.45. The second-order valence-corrected chi connectivity index (χ2v) is 5.22. The number of benzene rings is 1. The van der Waals surface area contributed by atoms with Gasteiger partial charge in [0.05, 0.1) is 5.69 Å². The van der Waals surface area contributed by atoms with E-state index in [1.54, 1.807) is 13.0 Å². The molecule has 0 aromatic heterocycles. The number of nitrogens with one attached hydrogen (secondary N) is 2. The highest BCUT2D eigenvalue weighted by Crippen LogP contribution is 2.28. The van der Waals surface area contributed by atoms with Crippen LogP contribution in [0, 0.1) is 5.92 Å². The van der Waals surface area contributed by atoms with Crippen LogP contribution in [0.15, 0.2) is 18.2 Å². The predicted molar refractivity (Wildman–Crippen MR) is 78.9 cm³/mol. The second-order valence-electron chi connectivity index (χ2n) is 5.22. The van der Waals surface area contributed by atoms with Crippen LogP contribution in [0.3, 0.4) is 0 Å². The average Bonchev–Trinajstić information content (AvgIpc) is 2.50. The van der Waals surface area contributed by atoms with Crippen LogP contribution >= 0.6 is 0 Å². The zero-order valence-corrected chi connectivity index (χ0v) is 12.4. The second kappa shape index (κ2) is 6.46. The van der Waals surface area contributed by atoms with Crippen molar-refractivity contribution in [2.24, 2.45) is 5.92 Å². The van der Waals surface area contributed by atoms with Crippen molar-refractivity contribution in [3.05, 3.63) is 23.8 Å². The molecule has 0 bridgehead atoms. The number of anilines is 1. The molecule has 0 saturated heterocycles. The Balaban J connectivity index is 2.16. The Kier molecular flexibility index (Phi) is 4.65. The summed E-state index contributed by atoms with van der Waals surface area (Å²) in [6.07, 6.45) is 0.635.